The normalized spacial score (nSPS) is 11.8. The van der Waals surface area contributed by atoms with E-state index in [1.807, 2.05) is 30.5 Å². The van der Waals surface area contributed by atoms with Crippen molar-refractivity contribution < 1.29 is 0 Å². The van der Waals surface area contributed by atoms with Gasteiger partial charge in [0.15, 0.2) is 11.0 Å². The van der Waals surface area contributed by atoms with E-state index < -0.39 is 0 Å². The third-order valence-electron chi connectivity index (χ3n) is 3.04. The molecule has 1 aliphatic rings. The minimum absolute atomic E-state index is 0.630. The van der Waals surface area contributed by atoms with Gasteiger partial charge in [-0.05, 0) is 28.8 Å². The molecule has 0 atom stereocenters. The topological polar surface area (TPSA) is 81.4 Å². The van der Waals surface area contributed by atoms with Gasteiger partial charge in [0.2, 0.25) is 0 Å². The lowest BCUT2D eigenvalue weighted by Gasteiger charge is -2.08. The summed E-state index contributed by atoms with van der Waals surface area (Å²) in [6.45, 7) is 0. The third-order valence-corrected chi connectivity index (χ3v) is 3.61. The average molecular weight is 283 g/mol. The van der Waals surface area contributed by atoms with Gasteiger partial charge in [-0.15, -0.1) is 5.10 Å². The number of hydrogen-bond acceptors (Lipinski definition) is 7. The molecule has 0 spiro atoms. The van der Waals surface area contributed by atoms with Crippen molar-refractivity contribution in [1.82, 2.24) is 30.2 Å². The number of rotatable bonds is 1. The number of aromatic nitrogens is 6. The van der Waals surface area contributed by atoms with Crippen molar-refractivity contribution in [2.75, 3.05) is 11.6 Å². The van der Waals surface area contributed by atoms with E-state index in [-0.39, 0.29) is 0 Å². The zero-order valence-corrected chi connectivity index (χ0v) is 11.3. The summed E-state index contributed by atoms with van der Waals surface area (Å²) in [7, 11) is 0. The summed E-state index contributed by atoms with van der Waals surface area (Å²) in [6.07, 6.45) is 3.69. The second kappa shape index (κ2) is 4.27. The molecule has 0 aliphatic carbocycles. The van der Waals surface area contributed by atoms with Crippen molar-refractivity contribution in [3.8, 4) is 17.1 Å². The van der Waals surface area contributed by atoms with Crippen molar-refractivity contribution in [1.29, 1.82) is 0 Å². The first-order valence-corrected chi connectivity index (χ1v) is 7.15. The van der Waals surface area contributed by atoms with Crippen molar-refractivity contribution in [2.24, 2.45) is 0 Å². The van der Waals surface area contributed by atoms with E-state index in [4.69, 9.17) is 0 Å². The summed E-state index contributed by atoms with van der Waals surface area (Å²) in [6, 6.07) is 7.83. The van der Waals surface area contributed by atoms with E-state index >= 15 is 0 Å². The van der Waals surface area contributed by atoms with Crippen molar-refractivity contribution in [2.45, 2.75) is 5.16 Å². The molecular weight excluding hydrogens is 274 g/mol. The van der Waals surface area contributed by atoms with E-state index in [2.05, 4.69) is 30.8 Å². The summed E-state index contributed by atoms with van der Waals surface area (Å²) in [4.78, 5) is 8.80. The summed E-state index contributed by atoms with van der Waals surface area (Å²) in [5, 5.41) is 15.9. The Kier molecular flexibility index (Phi) is 2.43. The molecule has 1 aromatic carbocycles. The van der Waals surface area contributed by atoms with E-state index in [0.29, 0.717) is 16.8 Å². The molecule has 0 radical (unpaired) electrons. The first-order chi connectivity index (χ1) is 9.86. The number of hydrogen-bond donors (Lipinski definition) is 1. The predicted octanol–water partition coefficient (Wildman–Crippen LogP) is 1.90. The van der Waals surface area contributed by atoms with E-state index in [0.717, 1.165) is 16.9 Å². The first-order valence-electron chi connectivity index (χ1n) is 5.93. The van der Waals surface area contributed by atoms with Gasteiger partial charge in [-0.3, -0.25) is 0 Å². The number of benzene rings is 1. The monoisotopic (exact) mass is 283 g/mol. The molecule has 0 saturated carbocycles. The van der Waals surface area contributed by atoms with Crippen LogP contribution in [0.2, 0.25) is 0 Å². The van der Waals surface area contributed by atoms with E-state index in [1.54, 1.807) is 10.9 Å². The minimum atomic E-state index is 0.630. The molecule has 8 heteroatoms. The van der Waals surface area contributed by atoms with Gasteiger partial charge >= 0.3 is 0 Å². The molecule has 3 heterocycles. The highest BCUT2D eigenvalue weighted by atomic mass is 32.2. The maximum absolute atomic E-state index is 4.50. The number of nitrogens with zero attached hydrogens (tertiary/aromatic N) is 6. The molecule has 0 saturated heterocycles. The van der Waals surface area contributed by atoms with Crippen LogP contribution >= 0.6 is 11.8 Å². The number of para-hydroxylation sites is 2. The van der Waals surface area contributed by atoms with Crippen LogP contribution in [0.25, 0.3) is 17.1 Å². The summed E-state index contributed by atoms with van der Waals surface area (Å²) in [5.41, 5.74) is 2.57. The third kappa shape index (κ3) is 1.58. The zero-order valence-electron chi connectivity index (χ0n) is 10.5. The van der Waals surface area contributed by atoms with Crippen molar-refractivity contribution >= 4 is 23.3 Å². The Labute approximate surface area is 118 Å². The molecule has 0 unspecified atom stereocenters. The molecule has 1 N–H and O–H groups in total. The lowest BCUT2D eigenvalue weighted by atomic mass is 10.2. The second-order valence-corrected chi connectivity index (χ2v) is 4.95. The van der Waals surface area contributed by atoms with E-state index in [1.165, 1.54) is 11.8 Å². The largest absolute Gasteiger partial charge is 0.338 e. The van der Waals surface area contributed by atoms with Crippen LogP contribution in [0.3, 0.4) is 0 Å². The van der Waals surface area contributed by atoms with Crippen LogP contribution in [-0.4, -0.2) is 36.4 Å². The molecule has 1 aliphatic heterocycles. The highest BCUT2D eigenvalue weighted by Gasteiger charge is 2.22. The maximum atomic E-state index is 4.50. The molecule has 4 rings (SSSR count). The number of anilines is 2. The molecule has 2 aromatic heterocycles. The molecule has 98 valence electrons. The number of nitrogens with one attached hydrogen (secondary N) is 1. The fourth-order valence-electron chi connectivity index (χ4n) is 2.13. The summed E-state index contributed by atoms with van der Waals surface area (Å²) < 4.78 is 1.69. The molecule has 0 bridgehead atoms. The van der Waals surface area contributed by atoms with Crippen LogP contribution in [0, 0.1) is 0 Å². The van der Waals surface area contributed by atoms with Crippen LogP contribution in [0.1, 0.15) is 0 Å². The molecule has 0 fully saturated rings. The Bertz CT molecular complexity index is 798. The molecule has 20 heavy (non-hydrogen) atoms. The SMILES string of the molecule is CSc1ncc2c(n1)Nc1ccccc1-n1nnnc1-2. The quantitative estimate of drug-likeness (QED) is 0.422. The highest BCUT2D eigenvalue weighted by molar-refractivity contribution is 7.98. The van der Waals surface area contributed by atoms with Gasteiger partial charge in [0, 0.05) is 6.20 Å². The fourth-order valence-corrected chi connectivity index (χ4v) is 2.47. The van der Waals surface area contributed by atoms with Gasteiger partial charge in [0.1, 0.15) is 5.82 Å². The molecule has 0 amide bonds. The molecule has 7 nitrogen and oxygen atoms in total. The van der Waals surface area contributed by atoms with Crippen LogP contribution in [0.15, 0.2) is 35.6 Å². The first kappa shape index (κ1) is 11.4. The van der Waals surface area contributed by atoms with Crippen LogP contribution in [0.5, 0.6) is 0 Å². The van der Waals surface area contributed by atoms with Crippen molar-refractivity contribution in [3.63, 3.8) is 0 Å². The van der Waals surface area contributed by atoms with Crippen LogP contribution < -0.4 is 5.32 Å². The van der Waals surface area contributed by atoms with Crippen LogP contribution in [-0.2, 0) is 0 Å². The Morgan fingerprint density at radius 1 is 1.25 bits per heavy atom. The van der Waals surface area contributed by atoms with E-state index in [9.17, 15) is 0 Å². The molecular formula is C12H9N7S. The highest BCUT2D eigenvalue weighted by Crippen LogP contribution is 2.35. The Balaban J connectivity index is 2.04. The average Bonchev–Trinajstić information content (AvgIpc) is 2.92. The van der Waals surface area contributed by atoms with Gasteiger partial charge in [0.05, 0.1) is 16.9 Å². The van der Waals surface area contributed by atoms with Crippen molar-refractivity contribution in [3.05, 3.63) is 30.5 Å². The molecule has 3 aromatic rings. The number of thioether (sulfide) groups is 1. The Morgan fingerprint density at radius 3 is 3.05 bits per heavy atom. The summed E-state index contributed by atoms with van der Waals surface area (Å²) >= 11 is 1.49. The van der Waals surface area contributed by atoms with Gasteiger partial charge in [-0.25, -0.2) is 9.97 Å². The standard InChI is InChI=1S/C12H9N7S/c1-20-12-13-6-7-10(15-12)14-8-4-2-3-5-9(8)19-11(7)16-17-18-19/h2-6H,1H3,(H,13,14,15). The second-order valence-electron chi connectivity index (χ2n) is 4.18. The fraction of sp³-hybridized carbons (Fsp3) is 0.0833. The lowest BCUT2D eigenvalue weighted by Crippen LogP contribution is -1.99. The van der Waals surface area contributed by atoms with Gasteiger partial charge in [0.25, 0.3) is 0 Å². The van der Waals surface area contributed by atoms with Crippen LogP contribution in [0.4, 0.5) is 11.5 Å². The number of fused-ring (bicyclic) bond motifs is 5. The summed E-state index contributed by atoms with van der Waals surface area (Å²) in [5.74, 6) is 1.34. The minimum Gasteiger partial charge on any atom is -0.338 e. The lowest BCUT2D eigenvalue weighted by molar-refractivity contribution is 0.793. The Morgan fingerprint density at radius 2 is 2.15 bits per heavy atom. The van der Waals surface area contributed by atoms with Gasteiger partial charge in [-0.2, -0.15) is 4.68 Å². The maximum Gasteiger partial charge on any atom is 0.192 e. The predicted molar refractivity (Wildman–Crippen MR) is 75.2 cm³/mol. The van der Waals surface area contributed by atoms with Gasteiger partial charge in [-0.1, -0.05) is 23.9 Å². The smallest absolute Gasteiger partial charge is 0.192 e. The van der Waals surface area contributed by atoms with Gasteiger partial charge < -0.3 is 5.32 Å². The number of tetrazole rings is 1. The Hall–Kier alpha value is -2.48. The zero-order chi connectivity index (χ0) is 13.5.